The molecule has 0 fully saturated rings. The van der Waals surface area contributed by atoms with Gasteiger partial charge in [-0.2, -0.15) is 0 Å². The van der Waals surface area contributed by atoms with Crippen molar-refractivity contribution in [3.63, 3.8) is 0 Å². The van der Waals surface area contributed by atoms with Gasteiger partial charge in [0.1, 0.15) is 10.7 Å². The summed E-state index contributed by atoms with van der Waals surface area (Å²) in [6, 6.07) is 0. The van der Waals surface area contributed by atoms with E-state index in [0.29, 0.717) is 16.0 Å². The SMILES string of the molecule is C#CCN(CC(=O)O)Cc1nc2sc(C)c(C)c2c(=O)[nH]1. The minimum absolute atomic E-state index is 0.177. The molecule has 21 heavy (non-hydrogen) atoms. The highest BCUT2D eigenvalue weighted by molar-refractivity contribution is 7.18. The normalized spacial score (nSPS) is 11.0. The molecule has 2 aromatic heterocycles. The van der Waals surface area contributed by atoms with Gasteiger partial charge in [-0.25, -0.2) is 4.98 Å². The lowest BCUT2D eigenvalue weighted by molar-refractivity contribution is -0.138. The van der Waals surface area contributed by atoms with Crippen LogP contribution in [0.4, 0.5) is 0 Å². The Labute approximate surface area is 125 Å². The maximum Gasteiger partial charge on any atom is 0.317 e. The van der Waals surface area contributed by atoms with E-state index in [4.69, 9.17) is 11.5 Å². The van der Waals surface area contributed by atoms with E-state index in [0.717, 1.165) is 10.4 Å². The van der Waals surface area contributed by atoms with Gasteiger partial charge < -0.3 is 10.1 Å². The van der Waals surface area contributed by atoms with Crippen molar-refractivity contribution in [1.29, 1.82) is 0 Å². The van der Waals surface area contributed by atoms with Gasteiger partial charge in [0, 0.05) is 4.88 Å². The van der Waals surface area contributed by atoms with Crippen LogP contribution in [0.3, 0.4) is 0 Å². The molecule has 0 radical (unpaired) electrons. The lowest BCUT2D eigenvalue weighted by Gasteiger charge is -2.16. The van der Waals surface area contributed by atoms with E-state index >= 15 is 0 Å². The molecular weight excluding hydrogens is 290 g/mol. The summed E-state index contributed by atoms with van der Waals surface area (Å²) < 4.78 is 0. The smallest absolute Gasteiger partial charge is 0.317 e. The number of aromatic amines is 1. The van der Waals surface area contributed by atoms with Gasteiger partial charge in [-0.1, -0.05) is 5.92 Å². The van der Waals surface area contributed by atoms with Crippen molar-refractivity contribution in [1.82, 2.24) is 14.9 Å². The monoisotopic (exact) mass is 305 g/mol. The molecule has 110 valence electrons. The predicted octanol–water partition coefficient (Wildman–Crippen LogP) is 1.12. The third kappa shape index (κ3) is 3.29. The van der Waals surface area contributed by atoms with Crippen LogP contribution in [0.2, 0.25) is 0 Å². The van der Waals surface area contributed by atoms with E-state index in [9.17, 15) is 9.59 Å². The highest BCUT2D eigenvalue weighted by Crippen LogP contribution is 2.25. The van der Waals surface area contributed by atoms with Gasteiger partial charge in [0.15, 0.2) is 0 Å². The van der Waals surface area contributed by atoms with Gasteiger partial charge in [0.25, 0.3) is 5.56 Å². The largest absolute Gasteiger partial charge is 0.480 e. The topological polar surface area (TPSA) is 86.3 Å². The van der Waals surface area contributed by atoms with Crippen molar-refractivity contribution >= 4 is 27.5 Å². The molecule has 2 rings (SSSR count). The second-order valence-corrected chi connectivity index (χ2v) is 5.92. The predicted molar refractivity (Wildman–Crippen MR) is 81.5 cm³/mol. The number of H-pyrrole nitrogens is 1. The van der Waals surface area contributed by atoms with Crippen LogP contribution in [-0.4, -0.2) is 39.0 Å². The summed E-state index contributed by atoms with van der Waals surface area (Å²) in [5, 5.41) is 9.45. The van der Waals surface area contributed by atoms with Crippen LogP contribution >= 0.6 is 11.3 Å². The third-order valence-corrected chi connectivity index (χ3v) is 4.24. The Morgan fingerprint density at radius 2 is 2.24 bits per heavy atom. The van der Waals surface area contributed by atoms with Gasteiger partial charge >= 0.3 is 5.97 Å². The summed E-state index contributed by atoms with van der Waals surface area (Å²) in [7, 11) is 0. The van der Waals surface area contributed by atoms with Crippen LogP contribution in [-0.2, 0) is 11.3 Å². The highest BCUT2D eigenvalue weighted by Gasteiger charge is 2.15. The first kappa shape index (κ1) is 15.2. The number of nitrogens with one attached hydrogen (secondary N) is 1. The second-order valence-electron chi connectivity index (χ2n) is 4.72. The minimum atomic E-state index is -0.975. The van der Waals surface area contributed by atoms with E-state index in [1.165, 1.54) is 16.2 Å². The number of carboxylic acid groups (broad SMARTS) is 1. The Morgan fingerprint density at radius 1 is 1.52 bits per heavy atom. The summed E-state index contributed by atoms with van der Waals surface area (Å²) in [6.45, 7) is 4.00. The van der Waals surface area contributed by atoms with Crippen LogP contribution in [0.15, 0.2) is 4.79 Å². The number of carbonyl (C=O) groups is 1. The minimum Gasteiger partial charge on any atom is -0.480 e. The third-order valence-electron chi connectivity index (χ3n) is 3.14. The zero-order valence-corrected chi connectivity index (χ0v) is 12.6. The van der Waals surface area contributed by atoms with Gasteiger partial charge in [0.05, 0.1) is 25.0 Å². The fraction of sp³-hybridized carbons (Fsp3) is 0.357. The first-order valence-corrected chi connectivity index (χ1v) is 7.10. The number of fused-ring (bicyclic) bond motifs is 1. The van der Waals surface area contributed by atoms with Gasteiger partial charge in [-0.15, -0.1) is 17.8 Å². The molecular formula is C14H15N3O3S. The van der Waals surface area contributed by atoms with Crippen molar-refractivity contribution in [3.05, 3.63) is 26.6 Å². The zero-order chi connectivity index (χ0) is 15.6. The molecule has 0 bridgehead atoms. The maximum atomic E-state index is 12.1. The number of nitrogens with zero attached hydrogens (tertiary/aromatic N) is 2. The number of thiophene rings is 1. The van der Waals surface area contributed by atoms with Crippen LogP contribution < -0.4 is 5.56 Å². The number of hydrogen-bond donors (Lipinski definition) is 2. The average Bonchev–Trinajstić information content (AvgIpc) is 2.64. The summed E-state index contributed by atoms with van der Waals surface area (Å²) in [5.41, 5.74) is 0.731. The molecule has 0 aliphatic heterocycles. The van der Waals surface area contributed by atoms with E-state index in [2.05, 4.69) is 15.9 Å². The molecule has 0 saturated heterocycles. The molecule has 7 heteroatoms. The lowest BCUT2D eigenvalue weighted by atomic mass is 10.2. The second kappa shape index (κ2) is 6.08. The lowest BCUT2D eigenvalue weighted by Crippen LogP contribution is -2.31. The first-order chi connectivity index (χ1) is 9.92. The molecule has 0 aliphatic rings. The molecule has 0 unspecified atom stereocenters. The van der Waals surface area contributed by atoms with Crippen LogP contribution in [0.5, 0.6) is 0 Å². The standard InChI is InChI=1S/C14H15N3O3S/c1-4-5-17(7-11(18)19)6-10-15-13(20)12-8(2)9(3)21-14(12)16-10/h1H,5-7H2,2-3H3,(H,18,19)(H,15,16,20). The molecule has 2 aromatic rings. The molecule has 2 heterocycles. The molecule has 0 aromatic carbocycles. The Bertz CT molecular complexity index is 785. The van der Waals surface area contributed by atoms with Crippen LogP contribution in [0.1, 0.15) is 16.3 Å². The molecule has 0 aliphatic carbocycles. The Balaban J connectivity index is 2.36. The molecule has 0 spiro atoms. The van der Waals surface area contributed by atoms with Crippen molar-refractivity contribution in [2.75, 3.05) is 13.1 Å². The Hall–Kier alpha value is -2.17. The number of carboxylic acids is 1. The number of hydrogen-bond acceptors (Lipinski definition) is 5. The van der Waals surface area contributed by atoms with Crippen molar-refractivity contribution in [2.45, 2.75) is 20.4 Å². The summed E-state index contributed by atoms with van der Waals surface area (Å²) in [6.07, 6.45) is 5.23. The quantitative estimate of drug-likeness (QED) is 0.809. The van der Waals surface area contributed by atoms with E-state index in [1.807, 2.05) is 13.8 Å². The fourth-order valence-corrected chi connectivity index (χ4v) is 3.12. The Kier molecular flexibility index (Phi) is 4.40. The maximum absolute atomic E-state index is 12.1. The van der Waals surface area contributed by atoms with Gasteiger partial charge in [0.2, 0.25) is 0 Å². The van der Waals surface area contributed by atoms with Crippen molar-refractivity contribution in [2.24, 2.45) is 0 Å². The number of aryl methyl sites for hydroxylation is 2. The van der Waals surface area contributed by atoms with E-state index in [-0.39, 0.29) is 25.2 Å². The molecule has 2 N–H and O–H groups in total. The Morgan fingerprint density at radius 3 is 2.86 bits per heavy atom. The molecule has 0 amide bonds. The average molecular weight is 305 g/mol. The highest BCUT2D eigenvalue weighted by atomic mass is 32.1. The molecule has 6 nitrogen and oxygen atoms in total. The summed E-state index contributed by atoms with van der Waals surface area (Å²) >= 11 is 1.46. The zero-order valence-electron chi connectivity index (χ0n) is 11.8. The van der Waals surface area contributed by atoms with Crippen molar-refractivity contribution < 1.29 is 9.90 Å². The van der Waals surface area contributed by atoms with Crippen molar-refractivity contribution in [3.8, 4) is 12.3 Å². The van der Waals surface area contributed by atoms with E-state index in [1.54, 1.807) is 0 Å². The number of aliphatic carboxylic acids is 1. The fourth-order valence-electron chi connectivity index (χ4n) is 2.07. The van der Waals surface area contributed by atoms with Crippen LogP contribution in [0.25, 0.3) is 10.2 Å². The van der Waals surface area contributed by atoms with E-state index < -0.39 is 5.97 Å². The van der Waals surface area contributed by atoms with Gasteiger partial charge in [-0.3, -0.25) is 14.5 Å². The molecule has 0 saturated carbocycles. The summed E-state index contributed by atoms with van der Waals surface area (Å²) in [4.78, 5) is 33.3. The number of aromatic nitrogens is 2. The molecule has 0 atom stereocenters. The van der Waals surface area contributed by atoms with Crippen LogP contribution in [0, 0.1) is 26.2 Å². The first-order valence-electron chi connectivity index (χ1n) is 6.29. The number of terminal acetylenes is 1. The number of rotatable bonds is 5. The summed E-state index contributed by atoms with van der Waals surface area (Å²) in [5.74, 6) is 1.85. The van der Waals surface area contributed by atoms with Gasteiger partial charge in [-0.05, 0) is 19.4 Å².